The minimum Gasteiger partial charge on any atom is -0.0654 e. The van der Waals surface area contributed by atoms with E-state index in [-0.39, 0.29) is 5.04 Å². The lowest BCUT2D eigenvalue weighted by Gasteiger charge is -2.27. The van der Waals surface area contributed by atoms with Crippen molar-refractivity contribution in [1.82, 2.24) is 0 Å². The van der Waals surface area contributed by atoms with Gasteiger partial charge >= 0.3 is 0 Å². The molecule has 0 fully saturated rings. The number of unbranched alkanes of at least 4 members (excludes halogenated alkanes) is 5. The molecule has 0 atom stereocenters. The molecule has 0 saturated heterocycles. The van der Waals surface area contributed by atoms with E-state index in [0.29, 0.717) is 0 Å². The Labute approximate surface area is 138 Å². The van der Waals surface area contributed by atoms with E-state index in [4.69, 9.17) is 0 Å². The third-order valence-corrected chi connectivity index (χ3v) is 5.76. The molecule has 0 saturated carbocycles. The Morgan fingerprint density at radius 1 is 0.727 bits per heavy atom. The first kappa shape index (κ1) is 15.5. The largest absolute Gasteiger partial charge is 0.0654 e. The molecule has 1 aliphatic rings. The van der Waals surface area contributed by atoms with E-state index in [1.807, 2.05) is 0 Å². The summed E-state index contributed by atoms with van der Waals surface area (Å²) in [4.78, 5) is 0. The van der Waals surface area contributed by atoms with Crippen molar-refractivity contribution in [2.75, 3.05) is 0 Å². The van der Waals surface area contributed by atoms with Crippen LogP contribution in [0, 0.1) is 0 Å². The second-order valence-electron chi connectivity index (χ2n) is 6.51. The second-order valence-corrected chi connectivity index (χ2v) is 7.37. The van der Waals surface area contributed by atoms with E-state index < -0.39 is 0 Å². The maximum absolute atomic E-state index is 4.19. The molecular weight excluding hydrogens is 280 g/mol. The topological polar surface area (TPSA) is 0 Å². The molecule has 0 aliphatic heterocycles. The van der Waals surface area contributed by atoms with Gasteiger partial charge in [0.05, 0.1) is 0 Å². The fraction of sp³-hybridized carbons (Fsp3) is 0.429. The SMILES string of the molecule is CCCCCCCCC1([Si])c2ccccc2-c2ccccc21. The average Bonchev–Trinajstić information content (AvgIpc) is 2.82. The summed E-state index contributed by atoms with van der Waals surface area (Å²) in [6.07, 6.45) is 9.28. The zero-order valence-corrected chi connectivity index (χ0v) is 14.6. The molecule has 0 spiro atoms. The van der Waals surface area contributed by atoms with Gasteiger partial charge in [-0.05, 0) is 28.7 Å². The van der Waals surface area contributed by atoms with Crippen LogP contribution in [0.25, 0.3) is 11.1 Å². The molecule has 0 bridgehead atoms. The lowest BCUT2D eigenvalue weighted by molar-refractivity contribution is 0.548. The predicted octanol–water partition coefficient (Wildman–Crippen LogP) is 5.83. The van der Waals surface area contributed by atoms with Gasteiger partial charge in [0.2, 0.25) is 0 Å². The number of hydrogen-bond acceptors (Lipinski definition) is 0. The van der Waals surface area contributed by atoms with Crippen molar-refractivity contribution < 1.29 is 0 Å². The Bertz CT molecular complexity index is 584. The Hall–Kier alpha value is -1.34. The number of benzene rings is 2. The van der Waals surface area contributed by atoms with Crippen molar-refractivity contribution >= 4 is 10.2 Å². The van der Waals surface area contributed by atoms with Crippen LogP contribution in [0.1, 0.15) is 63.0 Å². The van der Waals surface area contributed by atoms with Crippen molar-refractivity contribution in [3.63, 3.8) is 0 Å². The summed E-state index contributed by atoms with van der Waals surface area (Å²) in [7, 11) is 4.19. The monoisotopic (exact) mass is 305 g/mol. The van der Waals surface area contributed by atoms with Crippen LogP contribution in [0.2, 0.25) is 0 Å². The molecule has 0 unspecified atom stereocenters. The molecule has 2 aromatic rings. The second kappa shape index (κ2) is 6.83. The Morgan fingerprint density at radius 2 is 1.23 bits per heavy atom. The fourth-order valence-corrected chi connectivity index (χ4v) is 4.38. The third-order valence-electron chi connectivity index (χ3n) is 4.97. The van der Waals surface area contributed by atoms with Gasteiger partial charge in [0.25, 0.3) is 0 Å². The quantitative estimate of drug-likeness (QED) is 0.446. The molecule has 22 heavy (non-hydrogen) atoms. The van der Waals surface area contributed by atoms with Crippen LogP contribution in [0.5, 0.6) is 0 Å². The van der Waals surface area contributed by atoms with Gasteiger partial charge in [0, 0.05) is 15.3 Å². The molecule has 113 valence electrons. The molecule has 0 aromatic heterocycles. The highest BCUT2D eigenvalue weighted by molar-refractivity contribution is 6.21. The smallest absolute Gasteiger partial charge is 0.0444 e. The third kappa shape index (κ3) is 2.79. The van der Waals surface area contributed by atoms with Gasteiger partial charge < -0.3 is 0 Å². The van der Waals surface area contributed by atoms with E-state index in [2.05, 4.69) is 65.7 Å². The van der Waals surface area contributed by atoms with E-state index in [1.165, 1.54) is 67.2 Å². The summed E-state index contributed by atoms with van der Waals surface area (Å²) >= 11 is 0. The molecule has 0 N–H and O–H groups in total. The molecule has 1 heteroatoms. The van der Waals surface area contributed by atoms with Crippen LogP contribution in [-0.2, 0) is 5.04 Å². The summed E-state index contributed by atoms with van der Waals surface area (Å²) in [6, 6.07) is 17.7. The summed E-state index contributed by atoms with van der Waals surface area (Å²) < 4.78 is 0. The zero-order valence-electron chi connectivity index (χ0n) is 13.6. The number of rotatable bonds is 7. The number of hydrogen-bond donors (Lipinski definition) is 0. The molecule has 3 rings (SSSR count). The predicted molar refractivity (Wildman–Crippen MR) is 96.4 cm³/mol. The molecular formula is C21H25Si. The highest BCUT2D eigenvalue weighted by Gasteiger charge is 2.38. The normalized spacial score (nSPS) is 14.6. The van der Waals surface area contributed by atoms with Gasteiger partial charge in [-0.2, -0.15) is 0 Å². The summed E-state index contributed by atoms with van der Waals surface area (Å²) in [5, 5.41) is 0.0118. The first-order valence-corrected chi connectivity index (χ1v) is 9.22. The van der Waals surface area contributed by atoms with Crippen LogP contribution in [0.3, 0.4) is 0 Å². The highest BCUT2D eigenvalue weighted by atomic mass is 28.1. The standard InChI is InChI=1S/C21H25Si/c1-2-3-4-5-6-11-16-21(22)19-14-9-7-12-17(19)18-13-8-10-15-20(18)21/h7-10,12-15H,2-6,11,16H2,1H3. The molecule has 3 radical (unpaired) electrons. The van der Waals surface area contributed by atoms with E-state index in [0.717, 1.165) is 0 Å². The fourth-order valence-electron chi connectivity index (χ4n) is 3.77. The van der Waals surface area contributed by atoms with E-state index in [1.54, 1.807) is 0 Å². The molecule has 2 aromatic carbocycles. The van der Waals surface area contributed by atoms with Crippen LogP contribution >= 0.6 is 0 Å². The van der Waals surface area contributed by atoms with Gasteiger partial charge in [-0.25, -0.2) is 0 Å². The van der Waals surface area contributed by atoms with Crippen molar-refractivity contribution in [1.29, 1.82) is 0 Å². The molecule has 0 amide bonds. The summed E-state index contributed by atoms with van der Waals surface area (Å²) in [5.41, 5.74) is 5.70. The minimum atomic E-state index is 0.0118. The lowest BCUT2D eigenvalue weighted by Crippen LogP contribution is -2.25. The summed E-state index contributed by atoms with van der Waals surface area (Å²) in [5.74, 6) is 0. The Kier molecular flexibility index (Phi) is 4.83. The lowest BCUT2D eigenvalue weighted by atomic mass is 9.89. The van der Waals surface area contributed by atoms with Crippen molar-refractivity contribution in [2.45, 2.75) is 56.9 Å². The van der Waals surface area contributed by atoms with Crippen molar-refractivity contribution in [2.24, 2.45) is 0 Å². The Balaban J connectivity index is 1.77. The Morgan fingerprint density at radius 3 is 1.82 bits per heavy atom. The van der Waals surface area contributed by atoms with Gasteiger partial charge in [-0.1, -0.05) is 94.0 Å². The van der Waals surface area contributed by atoms with Crippen LogP contribution in [0.15, 0.2) is 48.5 Å². The molecule has 0 nitrogen and oxygen atoms in total. The van der Waals surface area contributed by atoms with Crippen LogP contribution in [-0.4, -0.2) is 10.2 Å². The van der Waals surface area contributed by atoms with Gasteiger partial charge in [-0.3, -0.25) is 0 Å². The van der Waals surface area contributed by atoms with Crippen LogP contribution < -0.4 is 0 Å². The van der Waals surface area contributed by atoms with E-state index in [9.17, 15) is 0 Å². The minimum absolute atomic E-state index is 0.0118. The van der Waals surface area contributed by atoms with Gasteiger partial charge in [-0.15, -0.1) is 0 Å². The molecule has 1 aliphatic carbocycles. The maximum atomic E-state index is 4.19. The van der Waals surface area contributed by atoms with Crippen LogP contribution in [0.4, 0.5) is 0 Å². The first-order valence-electron chi connectivity index (χ1n) is 8.72. The van der Waals surface area contributed by atoms with Gasteiger partial charge in [0.15, 0.2) is 0 Å². The van der Waals surface area contributed by atoms with Crippen molar-refractivity contribution in [3.8, 4) is 11.1 Å². The number of fused-ring (bicyclic) bond motifs is 3. The van der Waals surface area contributed by atoms with Gasteiger partial charge in [0.1, 0.15) is 0 Å². The van der Waals surface area contributed by atoms with Crippen molar-refractivity contribution in [3.05, 3.63) is 59.7 Å². The molecule has 0 heterocycles. The summed E-state index contributed by atoms with van der Waals surface area (Å²) in [6.45, 7) is 2.28. The zero-order chi connectivity index (χ0) is 15.4. The maximum Gasteiger partial charge on any atom is 0.0444 e. The highest BCUT2D eigenvalue weighted by Crippen LogP contribution is 2.49. The van der Waals surface area contributed by atoms with E-state index >= 15 is 0 Å². The average molecular weight is 306 g/mol. The first-order chi connectivity index (χ1) is 10.8.